The molecule has 0 saturated carbocycles. The van der Waals surface area contributed by atoms with E-state index in [-0.39, 0.29) is 19.4 Å². The third-order valence-electron chi connectivity index (χ3n) is 9.42. The molecular formula is C42H81O10P. The molecule has 0 aliphatic carbocycles. The Morgan fingerprint density at radius 2 is 0.925 bits per heavy atom. The van der Waals surface area contributed by atoms with Gasteiger partial charge in [0.05, 0.1) is 19.8 Å². The summed E-state index contributed by atoms with van der Waals surface area (Å²) in [6.45, 7) is 2.39. The molecule has 0 aliphatic rings. The summed E-state index contributed by atoms with van der Waals surface area (Å²) >= 11 is 0. The van der Waals surface area contributed by atoms with Gasteiger partial charge in [-0.2, -0.15) is 0 Å². The molecule has 0 aromatic rings. The highest BCUT2D eigenvalue weighted by Gasteiger charge is 2.27. The van der Waals surface area contributed by atoms with Crippen LogP contribution >= 0.6 is 7.82 Å². The zero-order valence-electron chi connectivity index (χ0n) is 34.0. The summed E-state index contributed by atoms with van der Waals surface area (Å²) in [4.78, 5) is 34.9. The second-order valence-corrected chi connectivity index (χ2v) is 16.2. The van der Waals surface area contributed by atoms with E-state index >= 15 is 0 Å². The van der Waals surface area contributed by atoms with Crippen molar-refractivity contribution in [1.29, 1.82) is 0 Å². The number of phosphoric acid groups is 1. The SMILES string of the molecule is CCCCCCCC/C=C\CCCCCCCC(=O)O[C@H](COC(=O)CCCCCCCCCCCCCCCCC)COP(=O)(O)OC[C@@H](O)CO. The van der Waals surface area contributed by atoms with Crippen molar-refractivity contribution < 1.29 is 47.8 Å². The van der Waals surface area contributed by atoms with Crippen molar-refractivity contribution in [1.82, 2.24) is 0 Å². The van der Waals surface area contributed by atoms with Gasteiger partial charge in [-0.3, -0.25) is 18.6 Å². The van der Waals surface area contributed by atoms with Crippen molar-refractivity contribution in [3.63, 3.8) is 0 Å². The molecule has 0 radical (unpaired) electrons. The maximum Gasteiger partial charge on any atom is 0.472 e. The minimum Gasteiger partial charge on any atom is -0.462 e. The number of hydrogen-bond acceptors (Lipinski definition) is 9. The van der Waals surface area contributed by atoms with Gasteiger partial charge in [0.2, 0.25) is 0 Å². The fourth-order valence-corrected chi connectivity index (χ4v) is 6.84. The summed E-state index contributed by atoms with van der Waals surface area (Å²) in [6.07, 6.45) is 36.0. The van der Waals surface area contributed by atoms with Crippen LogP contribution in [-0.4, -0.2) is 65.7 Å². The van der Waals surface area contributed by atoms with E-state index in [1.54, 1.807) is 0 Å². The Bertz CT molecular complexity index is 899. The van der Waals surface area contributed by atoms with Crippen LogP contribution in [0.25, 0.3) is 0 Å². The highest BCUT2D eigenvalue weighted by molar-refractivity contribution is 7.47. The minimum absolute atomic E-state index is 0.178. The van der Waals surface area contributed by atoms with Crippen LogP contribution in [0.5, 0.6) is 0 Å². The molecular weight excluding hydrogens is 695 g/mol. The van der Waals surface area contributed by atoms with Crippen molar-refractivity contribution in [2.45, 2.75) is 219 Å². The molecule has 0 fully saturated rings. The first-order valence-corrected chi connectivity index (χ1v) is 23.1. The predicted octanol–water partition coefficient (Wildman–Crippen LogP) is 11.2. The smallest absolute Gasteiger partial charge is 0.462 e. The zero-order valence-corrected chi connectivity index (χ0v) is 34.9. The Balaban J connectivity index is 4.28. The van der Waals surface area contributed by atoms with Gasteiger partial charge in [0.1, 0.15) is 12.7 Å². The summed E-state index contributed by atoms with van der Waals surface area (Å²) in [5, 5.41) is 18.3. The van der Waals surface area contributed by atoms with Gasteiger partial charge in [-0.25, -0.2) is 4.57 Å². The Morgan fingerprint density at radius 3 is 1.36 bits per heavy atom. The second-order valence-electron chi connectivity index (χ2n) is 14.7. The van der Waals surface area contributed by atoms with E-state index in [0.717, 1.165) is 57.8 Å². The molecule has 0 rings (SSSR count). The topological polar surface area (TPSA) is 149 Å². The number of aliphatic hydroxyl groups is 2. The number of carbonyl (C=O) groups is 2. The van der Waals surface area contributed by atoms with Crippen molar-refractivity contribution >= 4 is 19.8 Å². The van der Waals surface area contributed by atoms with Crippen LogP contribution in [0.2, 0.25) is 0 Å². The maximum absolute atomic E-state index is 12.6. The van der Waals surface area contributed by atoms with Crippen molar-refractivity contribution in [2.24, 2.45) is 0 Å². The number of hydrogen-bond donors (Lipinski definition) is 3. The van der Waals surface area contributed by atoms with E-state index in [1.165, 1.54) is 109 Å². The number of rotatable bonds is 41. The first kappa shape index (κ1) is 51.7. The fraction of sp³-hybridized carbons (Fsp3) is 0.905. The number of ether oxygens (including phenoxy) is 2. The molecule has 10 nitrogen and oxygen atoms in total. The van der Waals surface area contributed by atoms with Gasteiger partial charge in [-0.1, -0.05) is 167 Å². The normalized spacial score (nSPS) is 14.0. The van der Waals surface area contributed by atoms with Crippen molar-refractivity contribution in [3.8, 4) is 0 Å². The number of unbranched alkanes of at least 4 members (excludes halogenated alkanes) is 25. The van der Waals surface area contributed by atoms with Crippen LogP contribution in [0.3, 0.4) is 0 Å². The monoisotopic (exact) mass is 777 g/mol. The number of phosphoric ester groups is 1. The molecule has 0 aromatic heterocycles. The number of carbonyl (C=O) groups excluding carboxylic acids is 2. The van der Waals surface area contributed by atoms with Crippen LogP contribution in [0.4, 0.5) is 0 Å². The molecule has 0 aliphatic heterocycles. The fourth-order valence-electron chi connectivity index (χ4n) is 6.05. The predicted molar refractivity (Wildman–Crippen MR) is 215 cm³/mol. The Labute approximate surface area is 324 Å². The lowest BCUT2D eigenvalue weighted by atomic mass is 10.0. The number of allylic oxidation sites excluding steroid dienone is 2. The highest BCUT2D eigenvalue weighted by atomic mass is 31.2. The first-order valence-electron chi connectivity index (χ1n) is 21.6. The molecule has 11 heteroatoms. The highest BCUT2D eigenvalue weighted by Crippen LogP contribution is 2.43. The molecule has 0 amide bonds. The van der Waals surface area contributed by atoms with E-state index in [1.807, 2.05) is 0 Å². The van der Waals surface area contributed by atoms with E-state index in [2.05, 4.69) is 30.5 Å². The zero-order chi connectivity index (χ0) is 39.1. The first-order chi connectivity index (χ1) is 25.7. The summed E-state index contributed by atoms with van der Waals surface area (Å²) < 4.78 is 32.7. The van der Waals surface area contributed by atoms with Crippen molar-refractivity contribution in [2.75, 3.05) is 26.4 Å². The van der Waals surface area contributed by atoms with Gasteiger partial charge in [-0.05, 0) is 38.5 Å². The maximum atomic E-state index is 12.6. The van der Waals surface area contributed by atoms with Crippen LogP contribution in [-0.2, 0) is 32.7 Å². The lowest BCUT2D eigenvalue weighted by molar-refractivity contribution is -0.161. The van der Waals surface area contributed by atoms with Crippen LogP contribution in [0.15, 0.2) is 12.2 Å². The third-order valence-corrected chi connectivity index (χ3v) is 10.4. The van der Waals surface area contributed by atoms with Crippen LogP contribution in [0, 0.1) is 0 Å². The number of aliphatic hydroxyl groups excluding tert-OH is 2. The summed E-state index contributed by atoms with van der Waals surface area (Å²) in [6, 6.07) is 0. The summed E-state index contributed by atoms with van der Waals surface area (Å²) in [7, 11) is -4.61. The van der Waals surface area contributed by atoms with E-state index in [0.29, 0.717) is 12.8 Å². The molecule has 3 atom stereocenters. The number of esters is 2. The lowest BCUT2D eigenvalue weighted by Crippen LogP contribution is -2.29. The van der Waals surface area contributed by atoms with Gasteiger partial charge in [-0.15, -0.1) is 0 Å². The Hall–Kier alpha value is -1.29. The molecule has 0 heterocycles. The molecule has 53 heavy (non-hydrogen) atoms. The van der Waals surface area contributed by atoms with E-state index in [4.69, 9.17) is 19.1 Å². The molecule has 3 N–H and O–H groups in total. The van der Waals surface area contributed by atoms with E-state index in [9.17, 15) is 24.2 Å². The molecule has 0 spiro atoms. The Morgan fingerprint density at radius 1 is 0.547 bits per heavy atom. The average molecular weight is 777 g/mol. The standard InChI is InChI=1S/C42H81O10P/c1-3-5-7-9-11-13-15-17-19-21-23-25-27-29-31-33-41(45)49-37-40(38-51-53(47,48)50-36-39(44)35-43)52-42(46)34-32-30-28-26-24-22-20-18-16-14-12-10-8-6-4-2/h18,20,39-40,43-44H,3-17,19,21-38H2,1-2H3,(H,47,48)/b20-18-/t39-,40+/m0/s1. The van der Waals surface area contributed by atoms with Crippen LogP contribution in [0.1, 0.15) is 206 Å². The average Bonchev–Trinajstić information content (AvgIpc) is 3.14. The largest absolute Gasteiger partial charge is 0.472 e. The molecule has 0 saturated heterocycles. The molecule has 0 bridgehead atoms. The van der Waals surface area contributed by atoms with Gasteiger partial charge in [0.25, 0.3) is 0 Å². The van der Waals surface area contributed by atoms with Gasteiger partial charge in [0.15, 0.2) is 6.10 Å². The van der Waals surface area contributed by atoms with Gasteiger partial charge >= 0.3 is 19.8 Å². The Kier molecular flexibility index (Phi) is 38.0. The molecule has 1 unspecified atom stereocenters. The lowest BCUT2D eigenvalue weighted by Gasteiger charge is -2.20. The quantitative estimate of drug-likeness (QED) is 0.0237. The van der Waals surface area contributed by atoms with Gasteiger partial charge in [0, 0.05) is 12.8 Å². The van der Waals surface area contributed by atoms with Gasteiger partial charge < -0.3 is 24.6 Å². The van der Waals surface area contributed by atoms with Crippen LogP contribution < -0.4 is 0 Å². The molecule has 0 aromatic carbocycles. The minimum atomic E-state index is -4.61. The third kappa shape index (κ3) is 38.8. The molecule has 314 valence electrons. The van der Waals surface area contributed by atoms with E-state index < -0.39 is 51.8 Å². The summed E-state index contributed by atoms with van der Waals surface area (Å²) in [5.41, 5.74) is 0. The van der Waals surface area contributed by atoms with Crippen molar-refractivity contribution in [3.05, 3.63) is 12.2 Å². The second kappa shape index (κ2) is 39.0. The summed E-state index contributed by atoms with van der Waals surface area (Å²) in [5.74, 6) is -0.924.